The molecule has 76 valence electrons. The molecule has 0 saturated carbocycles. The normalized spacial score (nSPS) is 12.2. The van der Waals surface area contributed by atoms with Crippen LogP contribution in [0.1, 0.15) is 6.92 Å². The summed E-state index contributed by atoms with van der Waals surface area (Å²) in [5.41, 5.74) is 0.395. The summed E-state index contributed by atoms with van der Waals surface area (Å²) < 4.78 is 4.82. The lowest BCUT2D eigenvalue weighted by Gasteiger charge is -2.08. The number of amides is 1. The van der Waals surface area contributed by atoms with Gasteiger partial charge in [-0.3, -0.25) is 4.79 Å². The van der Waals surface area contributed by atoms with Crippen molar-refractivity contribution in [3.63, 3.8) is 0 Å². The van der Waals surface area contributed by atoms with Crippen molar-refractivity contribution in [1.82, 2.24) is 5.32 Å². The molecule has 1 amide bonds. The first-order valence-corrected chi connectivity index (χ1v) is 3.88. The highest BCUT2D eigenvalue weighted by Crippen LogP contribution is 1.86. The highest BCUT2D eigenvalue weighted by atomic mass is 16.5. The van der Waals surface area contributed by atoms with Gasteiger partial charge in [-0.25, -0.2) is 0 Å². The van der Waals surface area contributed by atoms with Crippen LogP contribution in [-0.2, 0) is 9.53 Å². The average molecular weight is 189 g/mol. The van der Waals surface area contributed by atoms with Gasteiger partial charge in [-0.1, -0.05) is 6.58 Å². The molecule has 0 aromatic carbocycles. The van der Waals surface area contributed by atoms with E-state index < -0.39 is 6.10 Å². The van der Waals surface area contributed by atoms with Crippen molar-refractivity contribution < 1.29 is 19.7 Å². The van der Waals surface area contributed by atoms with Crippen LogP contribution in [0.25, 0.3) is 0 Å². The van der Waals surface area contributed by atoms with Crippen LogP contribution in [0.5, 0.6) is 0 Å². The maximum absolute atomic E-state index is 10.9. The van der Waals surface area contributed by atoms with Crippen molar-refractivity contribution in [3.8, 4) is 0 Å². The Kier molecular flexibility index (Phi) is 6.13. The zero-order valence-corrected chi connectivity index (χ0v) is 7.62. The molecule has 0 rings (SSSR count). The Labute approximate surface area is 77.0 Å². The van der Waals surface area contributed by atoms with Gasteiger partial charge >= 0.3 is 0 Å². The summed E-state index contributed by atoms with van der Waals surface area (Å²) in [6.07, 6.45) is -0.901. The molecule has 0 radical (unpaired) electrons. The van der Waals surface area contributed by atoms with Gasteiger partial charge in [-0.15, -0.1) is 0 Å². The van der Waals surface area contributed by atoms with Crippen LogP contribution in [0.4, 0.5) is 0 Å². The average Bonchev–Trinajstić information content (AvgIpc) is 2.11. The van der Waals surface area contributed by atoms with E-state index in [1.54, 1.807) is 6.92 Å². The number of hydrogen-bond donors (Lipinski definition) is 3. The number of ether oxygens (including phenoxy) is 1. The maximum atomic E-state index is 10.9. The summed E-state index contributed by atoms with van der Waals surface area (Å²) in [4.78, 5) is 10.9. The minimum Gasteiger partial charge on any atom is -0.394 e. The molecule has 13 heavy (non-hydrogen) atoms. The number of rotatable bonds is 6. The minimum absolute atomic E-state index is 0.00273. The molecule has 0 aromatic heterocycles. The van der Waals surface area contributed by atoms with Gasteiger partial charge in [0.2, 0.25) is 5.91 Å². The lowest BCUT2D eigenvalue weighted by atomic mass is 10.3. The Morgan fingerprint density at radius 3 is 2.77 bits per heavy atom. The number of aliphatic hydroxyl groups is 2. The molecule has 0 aliphatic rings. The Bertz CT molecular complexity index is 181. The molecule has 5 nitrogen and oxygen atoms in total. The monoisotopic (exact) mass is 189 g/mol. The maximum Gasteiger partial charge on any atom is 0.248 e. The predicted molar refractivity (Wildman–Crippen MR) is 46.9 cm³/mol. The topological polar surface area (TPSA) is 78.8 Å². The van der Waals surface area contributed by atoms with Gasteiger partial charge in [0.05, 0.1) is 13.2 Å². The van der Waals surface area contributed by atoms with E-state index in [1.807, 2.05) is 0 Å². The number of nitrogens with one attached hydrogen (secondary N) is 1. The summed E-state index contributed by atoms with van der Waals surface area (Å²) in [6, 6.07) is 0. The lowest BCUT2D eigenvalue weighted by molar-refractivity contribution is -0.119. The van der Waals surface area contributed by atoms with Crippen molar-refractivity contribution in [2.24, 2.45) is 0 Å². The Morgan fingerprint density at radius 1 is 1.69 bits per heavy atom. The Hall–Kier alpha value is -0.910. The molecule has 0 aliphatic heterocycles. The molecule has 1 unspecified atom stereocenters. The molecular weight excluding hydrogens is 174 g/mol. The number of carbonyl (C=O) groups excluding carboxylic acids is 1. The first-order valence-electron chi connectivity index (χ1n) is 3.88. The van der Waals surface area contributed by atoms with E-state index >= 15 is 0 Å². The van der Waals surface area contributed by atoms with Crippen LogP contribution >= 0.6 is 0 Å². The molecular formula is C8H15NO4. The van der Waals surface area contributed by atoms with Gasteiger partial charge in [0.25, 0.3) is 0 Å². The van der Waals surface area contributed by atoms with Gasteiger partial charge in [-0.2, -0.15) is 0 Å². The molecule has 1 atom stereocenters. The third-order valence-electron chi connectivity index (χ3n) is 1.24. The first kappa shape index (κ1) is 12.1. The van der Waals surface area contributed by atoms with Crippen molar-refractivity contribution in [3.05, 3.63) is 12.2 Å². The van der Waals surface area contributed by atoms with E-state index in [2.05, 4.69) is 11.9 Å². The molecule has 0 aliphatic carbocycles. The molecule has 0 saturated heterocycles. The third kappa shape index (κ3) is 6.27. The van der Waals surface area contributed by atoms with Crippen molar-refractivity contribution in [2.75, 3.05) is 19.9 Å². The van der Waals surface area contributed by atoms with E-state index in [4.69, 9.17) is 14.9 Å². The van der Waals surface area contributed by atoms with E-state index in [1.165, 1.54) is 0 Å². The van der Waals surface area contributed by atoms with E-state index in [-0.39, 0.29) is 25.9 Å². The number of hydrogen-bond acceptors (Lipinski definition) is 4. The summed E-state index contributed by atoms with van der Waals surface area (Å²) in [5, 5.41) is 19.6. The summed E-state index contributed by atoms with van der Waals surface area (Å²) in [5.74, 6) is -0.293. The van der Waals surface area contributed by atoms with Crippen LogP contribution in [0.3, 0.4) is 0 Å². The summed E-state index contributed by atoms with van der Waals surface area (Å²) in [6.45, 7) is 4.65. The molecule has 5 heteroatoms. The Morgan fingerprint density at radius 2 is 2.31 bits per heavy atom. The first-order chi connectivity index (χ1) is 6.07. The van der Waals surface area contributed by atoms with E-state index in [0.717, 1.165) is 0 Å². The molecule has 0 heterocycles. The van der Waals surface area contributed by atoms with Gasteiger partial charge < -0.3 is 20.3 Å². The number of aliphatic hydroxyl groups excluding tert-OH is 2. The van der Waals surface area contributed by atoms with Crippen LogP contribution in [-0.4, -0.2) is 42.2 Å². The molecule has 0 spiro atoms. The smallest absolute Gasteiger partial charge is 0.248 e. The predicted octanol–water partition coefficient (Wildman–Crippen LogP) is -0.994. The largest absolute Gasteiger partial charge is 0.394 e. The summed E-state index contributed by atoms with van der Waals surface area (Å²) >= 11 is 0. The second kappa shape index (κ2) is 6.59. The van der Waals surface area contributed by atoms with Crippen LogP contribution in [0, 0.1) is 0 Å². The molecule has 0 fully saturated rings. The van der Waals surface area contributed by atoms with E-state index in [9.17, 15) is 4.79 Å². The second-order valence-electron chi connectivity index (χ2n) is 2.64. The van der Waals surface area contributed by atoms with Gasteiger partial charge in [0, 0.05) is 5.57 Å². The zero-order chi connectivity index (χ0) is 10.3. The quantitative estimate of drug-likeness (QED) is 0.285. The standard InChI is InChI=1S/C8H15NO4/c1-6(2)8(12)9-5-13-4-7(11)3-10/h7,10-11H,1,3-5H2,2H3,(H,9,12). The van der Waals surface area contributed by atoms with Crippen LogP contribution < -0.4 is 5.32 Å². The van der Waals surface area contributed by atoms with Crippen molar-refractivity contribution >= 4 is 5.91 Å². The molecule has 0 aromatic rings. The fourth-order valence-corrected chi connectivity index (χ4v) is 0.515. The zero-order valence-electron chi connectivity index (χ0n) is 7.62. The second-order valence-corrected chi connectivity index (χ2v) is 2.64. The van der Waals surface area contributed by atoms with Crippen LogP contribution in [0.15, 0.2) is 12.2 Å². The Balaban J connectivity index is 3.36. The fraction of sp³-hybridized carbons (Fsp3) is 0.625. The SMILES string of the molecule is C=C(C)C(=O)NCOCC(O)CO. The van der Waals surface area contributed by atoms with Gasteiger partial charge in [-0.05, 0) is 6.92 Å². The van der Waals surface area contributed by atoms with Gasteiger partial charge in [0.1, 0.15) is 12.8 Å². The van der Waals surface area contributed by atoms with Crippen molar-refractivity contribution in [2.45, 2.75) is 13.0 Å². The highest BCUT2D eigenvalue weighted by Gasteiger charge is 2.02. The molecule has 0 bridgehead atoms. The van der Waals surface area contributed by atoms with Crippen LogP contribution in [0.2, 0.25) is 0 Å². The number of carbonyl (C=O) groups is 1. The minimum atomic E-state index is -0.901. The lowest BCUT2D eigenvalue weighted by Crippen LogP contribution is -2.29. The third-order valence-corrected chi connectivity index (χ3v) is 1.24. The summed E-state index contributed by atoms with van der Waals surface area (Å²) in [7, 11) is 0. The molecule has 3 N–H and O–H groups in total. The van der Waals surface area contributed by atoms with Gasteiger partial charge in [0.15, 0.2) is 0 Å². The van der Waals surface area contributed by atoms with E-state index in [0.29, 0.717) is 5.57 Å². The highest BCUT2D eigenvalue weighted by molar-refractivity contribution is 5.91. The van der Waals surface area contributed by atoms with Crippen molar-refractivity contribution in [1.29, 1.82) is 0 Å². The fourth-order valence-electron chi connectivity index (χ4n) is 0.515.